The molecule has 0 saturated heterocycles. The summed E-state index contributed by atoms with van der Waals surface area (Å²) < 4.78 is 5.03. The normalized spacial score (nSPS) is 16.1. The molecule has 0 aromatic carbocycles. The van der Waals surface area contributed by atoms with Gasteiger partial charge >= 0.3 is 5.97 Å². The number of hydrogen-bond acceptors (Lipinski definition) is 3. The first kappa shape index (κ1) is 12.5. The summed E-state index contributed by atoms with van der Waals surface area (Å²) in [4.78, 5) is 11.2. The van der Waals surface area contributed by atoms with E-state index in [4.69, 9.17) is 4.74 Å². The molecule has 0 aromatic heterocycles. The Kier molecular flexibility index (Phi) is 6.41. The number of esters is 1. The molecule has 15 heavy (non-hydrogen) atoms. The molecule has 0 amide bonds. The zero-order chi connectivity index (χ0) is 10.9. The van der Waals surface area contributed by atoms with E-state index in [1.54, 1.807) is 0 Å². The maximum atomic E-state index is 11.2. The van der Waals surface area contributed by atoms with Gasteiger partial charge in [0.1, 0.15) is 0 Å². The highest BCUT2D eigenvalue weighted by atomic mass is 16.5. The lowest BCUT2D eigenvalue weighted by molar-refractivity contribution is -0.142. The van der Waals surface area contributed by atoms with E-state index in [9.17, 15) is 4.79 Å². The number of nitrogens with one attached hydrogen (secondary N) is 1. The standard InChI is InChI=1S/C12H23NO2/c1-2-3-9-15-12(14)10-13-8-7-11-5-4-6-11/h11,13H,2-10H2,1H3. The Hall–Kier alpha value is -0.570. The van der Waals surface area contributed by atoms with E-state index in [1.807, 2.05) is 0 Å². The third-order valence-electron chi connectivity index (χ3n) is 2.98. The van der Waals surface area contributed by atoms with Gasteiger partial charge in [-0.3, -0.25) is 4.79 Å². The zero-order valence-corrected chi connectivity index (χ0v) is 9.76. The van der Waals surface area contributed by atoms with Gasteiger partial charge in [0, 0.05) is 0 Å². The van der Waals surface area contributed by atoms with E-state index in [0.29, 0.717) is 13.2 Å². The molecule has 0 atom stereocenters. The summed E-state index contributed by atoms with van der Waals surface area (Å²) in [7, 11) is 0. The molecule has 0 aromatic rings. The van der Waals surface area contributed by atoms with Gasteiger partial charge in [0.15, 0.2) is 0 Å². The number of ether oxygens (including phenoxy) is 1. The van der Waals surface area contributed by atoms with Gasteiger partial charge in [-0.2, -0.15) is 0 Å². The number of rotatable bonds is 8. The molecule has 0 radical (unpaired) electrons. The van der Waals surface area contributed by atoms with Gasteiger partial charge in [-0.05, 0) is 25.3 Å². The average Bonchev–Trinajstić information content (AvgIpc) is 2.15. The maximum Gasteiger partial charge on any atom is 0.319 e. The molecular weight excluding hydrogens is 190 g/mol. The van der Waals surface area contributed by atoms with Gasteiger partial charge in [-0.25, -0.2) is 0 Å². The first-order valence-electron chi connectivity index (χ1n) is 6.19. The minimum Gasteiger partial charge on any atom is -0.465 e. The predicted molar refractivity (Wildman–Crippen MR) is 60.7 cm³/mol. The third kappa shape index (κ3) is 5.78. The third-order valence-corrected chi connectivity index (χ3v) is 2.98. The predicted octanol–water partition coefficient (Wildman–Crippen LogP) is 2.11. The van der Waals surface area contributed by atoms with Crippen molar-refractivity contribution in [2.75, 3.05) is 19.7 Å². The number of carbonyl (C=O) groups is 1. The van der Waals surface area contributed by atoms with Gasteiger partial charge in [0.2, 0.25) is 0 Å². The molecule has 1 aliphatic rings. The fraction of sp³-hybridized carbons (Fsp3) is 0.917. The second kappa shape index (κ2) is 7.69. The van der Waals surface area contributed by atoms with Crippen LogP contribution in [0.5, 0.6) is 0 Å². The van der Waals surface area contributed by atoms with Crippen LogP contribution in [0.15, 0.2) is 0 Å². The van der Waals surface area contributed by atoms with Gasteiger partial charge < -0.3 is 10.1 Å². The Morgan fingerprint density at radius 1 is 1.47 bits per heavy atom. The van der Waals surface area contributed by atoms with Crippen molar-refractivity contribution in [1.82, 2.24) is 5.32 Å². The largest absolute Gasteiger partial charge is 0.465 e. The van der Waals surface area contributed by atoms with Crippen molar-refractivity contribution in [2.45, 2.75) is 45.4 Å². The van der Waals surface area contributed by atoms with Crippen LogP contribution in [0.25, 0.3) is 0 Å². The van der Waals surface area contributed by atoms with Gasteiger partial charge in [-0.1, -0.05) is 32.6 Å². The fourth-order valence-electron chi connectivity index (χ4n) is 1.66. The van der Waals surface area contributed by atoms with E-state index in [2.05, 4.69) is 12.2 Å². The minimum atomic E-state index is -0.114. The van der Waals surface area contributed by atoms with Crippen LogP contribution >= 0.6 is 0 Å². The molecule has 0 spiro atoms. The second-order valence-corrected chi connectivity index (χ2v) is 4.34. The fourth-order valence-corrected chi connectivity index (χ4v) is 1.66. The summed E-state index contributed by atoms with van der Waals surface area (Å²) in [6, 6.07) is 0. The van der Waals surface area contributed by atoms with Crippen molar-refractivity contribution in [3.8, 4) is 0 Å². The average molecular weight is 213 g/mol. The minimum absolute atomic E-state index is 0.114. The van der Waals surface area contributed by atoms with Crippen LogP contribution in [-0.4, -0.2) is 25.7 Å². The van der Waals surface area contributed by atoms with E-state index >= 15 is 0 Å². The van der Waals surface area contributed by atoms with E-state index < -0.39 is 0 Å². The molecule has 0 unspecified atom stereocenters. The van der Waals surface area contributed by atoms with E-state index in [-0.39, 0.29) is 5.97 Å². The number of hydrogen-bond donors (Lipinski definition) is 1. The van der Waals surface area contributed by atoms with Crippen molar-refractivity contribution in [3.05, 3.63) is 0 Å². The molecule has 88 valence electrons. The number of carbonyl (C=O) groups excluding carboxylic acids is 1. The van der Waals surface area contributed by atoms with Crippen molar-refractivity contribution in [1.29, 1.82) is 0 Å². The SMILES string of the molecule is CCCCOC(=O)CNCCC1CCC1. The van der Waals surface area contributed by atoms with Crippen LogP contribution in [-0.2, 0) is 9.53 Å². The summed E-state index contributed by atoms with van der Waals surface area (Å²) >= 11 is 0. The Morgan fingerprint density at radius 2 is 2.27 bits per heavy atom. The molecule has 1 N–H and O–H groups in total. The van der Waals surface area contributed by atoms with Gasteiger partial charge in [0.05, 0.1) is 13.2 Å². The van der Waals surface area contributed by atoms with Crippen molar-refractivity contribution < 1.29 is 9.53 Å². The number of unbranched alkanes of at least 4 members (excludes halogenated alkanes) is 1. The Morgan fingerprint density at radius 3 is 2.87 bits per heavy atom. The highest BCUT2D eigenvalue weighted by Gasteiger charge is 2.16. The smallest absolute Gasteiger partial charge is 0.319 e. The topological polar surface area (TPSA) is 38.3 Å². The molecule has 3 nitrogen and oxygen atoms in total. The van der Waals surface area contributed by atoms with E-state index in [0.717, 1.165) is 25.3 Å². The maximum absolute atomic E-state index is 11.2. The summed E-state index contributed by atoms with van der Waals surface area (Å²) in [6.45, 7) is 3.98. The quantitative estimate of drug-likeness (QED) is 0.496. The first-order valence-corrected chi connectivity index (χ1v) is 6.19. The lowest BCUT2D eigenvalue weighted by Gasteiger charge is -2.25. The van der Waals surface area contributed by atoms with Crippen LogP contribution in [0.2, 0.25) is 0 Å². The van der Waals surface area contributed by atoms with Crippen LogP contribution in [0.3, 0.4) is 0 Å². The van der Waals surface area contributed by atoms with Crippen LogP contribution in [0.1, 0.15) is 45.4 Å². The van der Waals surface area contributed by atoms with Gasteiger partial charge in [-0.15, -0.1) is 0 Å². The highest BCUT2D eigenvalue weighted by molar-refractivity contribution is 5.71. The molecule has 0 heterocycles. The van der Waals surface area contributed by atoms with Crippen molar-refractivity contribution in [2.24, 2.45) is 5.92 Å². The van der Waals surface area contributed by atoms with Crippen LogP contribution in [0, 0.1) is 5.92 Å². The molecule has 1 fully saturated rings. The highest BCUT2D eigenvalue weighted by Crippen LogP contribution is 2.28. The summed E-state index contributed by atoms with van der Waals surface area (Å²) in [5.74, 6) is 0.797. The summed E-state index contributed by atoms with van der Waals surface area (Å²) in [6.07, 6.45) is 7.40. The molecule has 1 aliphatic carbocycles. The second-order valence-electron chi connectivity index (χ2n) is 4.34. The molecular formula is C12H23NO2. The molecule has 0 aliphatic heterocycles. The van der Waals surface area contributed by atoms with Crippen LogP contribution in [0.4, 0.5) is 0 Å². The lowest BCUT2D eigenvalue weighted by atomic mass is 9.83. The molecule has 3 heteroatoms. The van der Waals surface area contributed by atoms with Crippen molar-refractivity contribution >= 4 is 5.97 Å². The molecule has 1 rings (SSSR count). The van der Waals surface area contributed by atoms with Gasteiger partial charge in [0.25, 0.3) is 0 Å². The Labute approximate surface area is 92.6 Å². The monoisotopic (exact) mass is 213 g/mol. The summed E-state index contributed by atoms with van der Waals surface area (Å²) in [5, 5.41) is 3.14. The van der Waals surface area contributed by atoms with Crippen molar-refractivity contribution in [3.63, 3.8) is 0 Å². The zero-order valence-electron chi connectivity index (χ0n) is 9.76. The summed E-state index contributed by atoms with van der Waals surface area (Å²) in [5.41, 5.74) is 0. The van der Waals surface area contributed by atoms with Crippen LogP contribution < -0.4 is 5.32 Å². The molecule has 0 bridgehead atoms. The lowest BCUT2D eigenvalue weighted by Crippen LogP contribution is -2.28. The molecule has 1 saturated carbocycles. The van der Waals surface area contributed by atoms with E-state index in [1.165, 1.54) is 25.7 Å². The first-order chi connectivity index (χ1) is 7.33. The Bertz CT molecular complexity index is 178. The Balaban J connectivity index is 1.83.